The fraction of sp³-hybridized carbons (Fsp3) is 0.227. The Kier molecular flexibility index (Phi) is 6.57. The molecule has 2 aromatic carbocycles. The van der Waals surface area contributed by atoms with Gasteiger partial charge in [0, 0.05) is 6.54 Å². The highest BCUT2D eigenvalue weighted by Gasteiger charge is 2.09. The van der Waals surface area contributed by atoms with Gasteiger partial charge in [0.05, 0.1) is 24.2 Å². The minimum absolute atomic E-state index is 0.0657. The molecule has 3 aromatic rings. The lowest BCUT2D eigenvalue weighted by Gasteiger charge is -2.15. The Labute approximate surface area is 165 Å². The zero-order chi connectivity index (χ0) is 19.8. The second kappa shape index (κ2) is 9.50. The highest BCUT2D eigenvalue weighted by atomic mass is 16.5. The normalized spacial score (nSPS) is 10.5. The van der Waals surface area contributed by atoms with Gasteiger partial charge in [0.1, 0.15) is 17.3 Å². The molecule has 144 valence electrons. The third-order valence-electron chi connectivity index (χ3n) is 3.94. The lowest BCUT2D eigenvalue weighted by atomic mass is 10.1. The van der Waals surface area contributed by atoms with E-state index in [2.05, 4.69) is 20.6 Å². The van der Waals surface area contributed by atoms with Crippen LogP contribution in [0.1, 0.15) is 29.9 Å². The summed E-state index contributed by atoms with van der Waals surface area (Å²) >= 11 is 0. The first-order chi connectivity index (χ1) is 13.6. The van der Waals surface area contributed by atoms with E-state index < -0.39 is 0 Å². The molecule has 0 saturated carbocycles. The summed E-state index contributed by atoms with van der Waals surface area (Å²) in [6, 6.07) is 17.6. The first-order valence-electron chi connectivity index (χ1n) is 9.28. The van der Waals surface area contributed by atoms with Crippen LogP contribution in [0.3, 0.4) is 0 Å². The highest BCUT2D eigenvalue weighted by molar-refractivity contribution is 5.92. The molecule has 0 atom stereocenters. The number of hydrogen-bond acceptors (Lipinski definition) is 5. The molecule has 0 fully saturated rings. The molecule has 0 spiro atoms. The summed E-state index contributed by atoms with van der Waals surface area (Å²) in [5.41, 5.74) is 2.26. The predicted molar refractivity (Wildman–Crippen MR) is 110 cm³/mol. The second-order valence-corrected chi connectivity index (χ2v) is 6.57. The maximum Gasteiger partial charge on any atom is 0.271 e. The quantitative estimate of drug-likeness (QED) is 0.622. The van der Waals surface area contributed by atoms with Crippen molar-refractivity contribution in [1.29, 1.82) is 0 Å². The Morgan fingerprint density at radius 3 is 2.46 bits per heavy atom. The van der Waals surface area contributed by atoms with Crippen LogP contribution in [0.2, 0.25) is 0 Å². The number of amides is 1. The van der Waals surface area contributed by atoms with Crippen molar-refractivity contribution in [1.82, 2.24) is 15.3 Å². The van der Waals surface area contributed by atoms with Crippen LogP contribution in [-0.2, 0) is 6.42 Å². The average Bonchev–Trinajstić information content (AvgIpc) is 2.70. The molecule has 1 aromatic heterocycles. The van der Waals surface area contributed by atoms with E-state index in [1.165, 1.54) is 18.0 Å². The molecule has 0 aliphatic carbocycles. The Balaban J connectivity index is 1.57. The van der Waals surface area contributed by atoms with Gasteiger partial charge in [-0.1, -0.05) is 42.5 Å². The van der Waals surface area contributed by atoms with Gasteiger partial charge in [0.15, 0.2) is 0 Å². The molecule has 1 amide bonds. The molecule has 2 N–H and O–H groups in total. The van der Waals surface area contributed by atoms with Gasteiger partial charge in [0.2, 0.25) is 0 Å². The zero-order valence-electron chi connectivity index (χ0n) is 16.1. The predicted octanol–water partition coefficient (Wildman–Crippen LogP) is 3.98. The summed E-state index contributed by atoms with van der Waals surface area (Å²) in [6.07, 6.45) is 3.84. The molecule has 0 aliphatic heterocycles. The minimum Gasteiger partial charge on any atom is -0.489 e. The lowest BCUT2D eigenvalue weighted by molar-refractivity contribution is 0.0949. The third kappa shape index (κ3) is 5.54. The molecule has 1 heterocycles. The number of benzene rings is 2. The van der Waals surface area contributed by atoms with Gasteiger partial charge in [-0.25, -0.2) is 9.97 Å². The van der Waals surface area contributed by atoms with Gasteiger partial charge in [-0.2, -0.15) is 0 Å². The number of carbonyl (C=O) groups is 1. The molecule has 0 radical (unpaired) electrons. The van der Waals surface area contributed by atoms with E-state index >= 15 is 0 Å². The number of anilines is 2. The largest absolute Gasteiger partial charge is 0.489 e. The number of hydrogen-bond donors (Lipinski definition) is 2. The van der Waals surface area contributed by atoms with Gasteiger partial charge < -0.3 is 15.4 Å². The SMILES string of the molecule is CC(C)Oc1ccccc1Nc1cnc(C(=O)NCCc2ccccc2)cn1. The Morgan fingerprint density at radius 2 is 1.75 bits per heavy atom. The maximum absolute atomic E-state index is 12.2. The van der Waals surface area contributed by atoms with Crippen molar-refractivity contribution in [2.45, 2.75) is 26.4 Å². The molecule has 6 heteroatoms. The summed E-state index contributed by atoms with van der Waals surface area (Å²) in [5, 5.41) is 6.04. The summed E-state index contributed by atoms with van der Waals surface area (Å²) in [5.74, 6) is 1.04. The van der Waals surface area contributed by atoms with Crippen molar-refractivity contribution < 1.29 is 9.53 Å². The van der Waals surface area contributed by atoms with Crippen LogP contribution in [-0.4, -0.2) is 28.5 Å². The number of para-hydroxylation sites is 2. The second-order valence-electron chi connectivity index (χ2n) is 6.57. The Morgan fingerprint density at radius 1 is 1.00 bits per heavy atom. The van der Waals surface area contributed by atoms with Crippen LogP contribution in [0.5, 0.6) is 5.75 Å². The molecule has 0 aliphatic rings. The molecule has 28 heavy (non-hydrogen) atoms. The van der Waals surface area contributed by atoms with Crippen LogP contribution in [0, 0.1) is 0 Å². The van der Waals surface area contributed by atoms with E-state index in [0.29, 0.717) is 12.4 Å². The topological polar surface area (TPSA) is 76.1 Å². The first-order valence-corrected chi connectivity index (χ1v) is 9.28. The van der Waals surface area contributed by atoms with Crippen molar-refractivity contribution in [2.75, 3.05) is 11.9 Å². The van der Waals surface area contributed by atoms with Gasteiger partial charge >= 0.3 is 0 Å². The molecular weight excluding hydrogens is 352 g/mol. The van der Waals surface area contributed by atoms with Crippen LogP contribution in [0.25, 0.3) is 0 Å². The standard InChI is InChI=1S/C22H24N4O2/c1-16(2)28-20-11-7-6-10-18(20)26-21-15-24-19(14-25-21)22(27)23-13-12-17-8-4-3-5-9-17/h3-11,14-16H,12-13H2,1-2H3,(H,23,27)(H,25,26). The van der Waals surface area contributed by atoms with Crippen LogP contribution < -0.4 is 15.4 Å². The molecule has 0 unspecified atom stereocenters. The highest BCUT2D eigenvalue weighted by Crippen LogP contribution is 2.27. The van der Waals surface area contributed by atoms with Crippen molar-refractivity contribution >= 4 is 17.4 Å². The van der Waals surface area contributed by atoms with Crippen LogP contribution >= 0.6 is 0 Å². The van der Waals surface area contributed by atoms with Crippen LogP contribution in [0.4, 0.5) is 11.5 Å². The summed E-state index contributed by atoms with van der Waals surface area (Å²) in [4.78, 5) is 20.7. The van der Waals surface area contributed by atoms with Crippen molar-refractivity contribution in [3.63, 3.8) is 0 Å². The van der Waals surface area contributed by atoms with E-state index in [-0.39, 0.29) is 17.7 Å². The summed E-state index contributed by atoms with van der Waals surface area (Å²) in [7, 11) is 0. The Hall–Kier alpha value is -3.41. The van der Waals surface area contributed by atoms with Gasteiger partial charge in [0.25, 0.3) is 5.91 Å². The van der Waals surface area contributed by atoms with Crippen molar-refractivity contribution in [2.24, 2.45) is 0 Å². The van der Waals surface area contributed by atoms with E-state index in [1.807, 2.05) is 68.4 Å². The van der Waals surface area contributed by atoms with Crippen molar-refractivity contribution in [3.8, 4) is 5.75 Å². The zero-order valence-corrected chi connectivity index (χ0v) is 16.1. The number of carbonyl (C=O) groups excluding carboxylic acids is 1. The number of rotatable bonds is 8. The third-order valence-corrected chi connectivity index (χ3v) is 3.94. The molecule has 6 nitrogen and oxygen atoms in total. The fourth-order valence-electron chi connectivity index (χ4n) is 2.63. The number of aromatic nitrogens is 2. The number of ether oxygens (including phenoxy) is 1. The molecule has 0 bridgehead atoms. The fourth-order valence-corrected chi connectivity index (χ4v) is 2.63. The maximum atomic E-state index is 12.2. The molecule has 3 rings (SSSR count). The number of nitrogens with zero attached hydrogens (tertiary/aromatic N) is 2. The molecule has 0 saturated heterocycles. The smallest absolute Gasteiger partial charge is 0.271 e. The summed E-state index contributed by atoms with van der Waals surface area (Å²) < 4.78 is 5.79. The van der Waals surface area contributed by atoms with Gasteiger partial charge in [-0.05, 0) is 38.0 Å². The van der Waals surface area contributed by atoms with E-state index in [0.717, 1.165) is 17.9 Å². The van der Waals surface area contributed by atoms with Gasteiger partial charge in [-0.15, -0.1) is 0 Å². The van der Waals surface area contributed by atoms with E-state index in [1.54, 1.807) is 0 Å². The molecular formula is C22H24N4O2. The van der Waals surface area contributed by atoms with E-state index in [9.17, 15) is 4.79 Å². The van der Waals surface area contributed by atoms with Crippen LogP contribution in [0.15, 0.2) is 67.0 Å². The lowest BCUT2D eigenvalue weighted by Crippen LogP contribution is -2.26. The number of nitrogens with one attached hydrogen (secondary N) is 2. The van der Waals surface area contributed by atoms with E-state index in [4.69, 9.17) is 4.74 Å². The minimum atomic E-state index is -0.237. The first kappa shape index (κ1) is 19.4. The van der Waals surface area contributed by atoms with Crippen molar-refractivity contribution in [3.05, 3.63) is 78.2 Å². The van der Waals surface area contributed by atoms with Gasteiger partial charge in [-0.3, -0.25) is 4.79 Å². The average molecular weight is 376 g/mol. The summed E-state index contributed by atoms with van der Waals surface area (Å²) in [6.45, 7) is 4.49. The monoisotopic (exact) mass is 376 g/mol. The Bertz CT molecular complexity index is 896.